The number of rotatable bonds is 2. The Kier molecular flexibility index (Phi) is 5.62. The summed E-state index contributed by atoms with van der Waals surface area (Å²) in [6.07, 6.45) is 2.66. The Balaban J connectivity index is 0.00000180. The Morgan fingerprint density at radius 2 is 2.21 bits per heavy atom. The van der Waals surface area contributed by atoms with Gasteiger partial charge >= 0.3 is 0 Å². The van der Waals surface area contributed by atoms with Crippen LogP contribution in [0.3, 0.4) is 0 Å². The summed E-state index contributed by atoms with van der Waals surface area (Å²) in [7, 11) is 0. The van der Waals surface area contributed by atoms with Gasteiger partial charge in [-0.05, 0) is 24.3 Å². The standard InChI is InChI=1S/C13H23N3OS.ClH/c1-13(2,3)10-4-5-16(8-11(10)17)7-9-6-15-12(14)18-9;/h6,10-11,17H,4-5,7-8H2,1-3H3,(H2,14,15);1H. The van der Waals surface area contributed by atoms with E-state index in [1.807, 2.05) is 6.20 Å². The third-order valence-electron chi connectivity index (χ3n) is 3.73. The molecule has 6 heteroatoms. The summed E-state index contributed by atoms with van der Waals surface area (Å²) < 4.78 is 0. The molecule has 110 valence electrons. The van der Waals surface area contributed by atoms with Gasteiger partial charge in [-0.15, -0.1) is 23.7 Å². The number of hydrogen-bond donors (Lipinski definition) is 2. The molecule has 4 nitrogen and oxygen atoms in total. The number of piperidine rings is 1. The van der Waals surface area contributed by atoms with E-state index in [9.17, 15) is 5.11 Å². The van der Waals surface area contributed by atoms with E-state index in [0.29, 0.717) is 11.0 Å². The molecule has 3 N–H and O–H groups in total. The Hall–Kier alpha value is -0.360. The van der Waals surface area contributed by atoms with Crippen molar-refractivity contribution in [2.75, 3.05) is 18.8 Å². The van der Waals surface area contributed by atoms with Gasteiger partial charge in [0.25, 0.3) is 0 Å². The van der Waals surface area contributed by atoms with Crippen molar-refractivity contribution in [3.63, 3.8) is 0 Å². The van der Waals surface area contributed by atoms with Crippen LogP contribution in [0.15, 0.2) is 6.20 Å². The maximum Gasteiger partial charge on any atom is 0.180 e. The van der Waals surface area contributed by atoms with Crippen LogP contribution in [-0.4, -0.2) is 34.2 Å². The molecular weight excluding hydrogens is 282 g/mol. The molecule has 0 radical (unpaired) electrons. The zero-order chi connectivity index (χ0) is 13.3. The molecule has 1 aromatic heterocycles. The van der Waals surface area contributed by atoms with Gasteiger partial charge in [0.05, 0.1) is 6.10 Å². The van der Waals surface area contributed by atoms with Crippen molar-refractivity contribution in [3.8, 4) is 0 Å². The summed E-state index contributed by atoms with van der Waals surface area (Å²) in [4.78, 5) is 7.53. The number of nitrogens with two attached hydrogens (primary N) is 1. The summed E-state index contributed by atoms with van der Waals surface area (Å²) in [6.45, 7) is 9.26. The van der Waals surface area contributed by atoms with Crippen LogP contribution in [0.5, 0.6) is 0 Å². The summed E-state index contributed by atoms with van der Waals surface area (Å²) in [5, 5.41) is 10.9. The van der Waals surface area contributed by atoms with Crippen molar-refractivity contribution < 1.29 is 5.11 Å². The molecule has 2 unspecified atom stereocenters. The molecular formula is C13H24ClN3OS. The molecule has 0 aromatic carbocycles. The zero-order valence-electron chi connectivity index (χ0n) is 11.8. The molecule has 0 aliphatic carbocycles. The van der Waals surface area contributed by atoms with Crippen LogP contribution in [0.25, 0.3) is 0 Å². The summed E-state index contributed by atoms with van der Waals surface area (Å²) in [6, 6.07) is 0. The third-order valence-corrected chi connectivity index (χ3v) is 4.54. The number of likely N-dealkylation sites (tertiary alicyclic amines) is 1. The third kappa shape index (κ3) is 4.31. The van der Waals surface area contributed by atoms with Gasteiger partial charge < -0.3 is 10.8 Å². The van der Waals surface area contributed by atoms with E-state index in [1.165, 1.54) is 16.2 Å². The molecule has 2 heterocycles. The maximum absolute atomic E-state index is 10.3. The lowest BCUT2D eigenvalue weighted by molar-refractivity contribution is -0.0262. The Labute approximate surface area is 125 Å². The fourth-order valence-electron chi connectivity index (χ4n) is 2.77. The van der Waals surface area contributed by atoms with Gasteiger partial charge in [-0.1, -0.05) is 20.8 Å². The van der Waals surface area contributed by atoms with Gasteiger partial charge in [0.1, 0.15) is 0 Å². The average molecular weight is 306 g/mol. The van der Waals surface area contributed by atoms with Crippen molar-refractivity contribution in [2.24, 2.45) is 11.3 Å². The number of aliphatic hydroxyl groups is 1. The van der Waals surface area contributed by atoms with Crippen molar-refractivity contribution in [3.05, 3.63) is 11.1 Å². The van der Waals surface area contributed by atoms with Gasteiger partial charge in [0.2, 0.25) is 0 Å². The number of nitrogen functional groups attached to an aromatic ring is 1. The molecule has 2 rings (SSSR count). The van der Waals surface area contributed by atoms with E-state index >= 15 is 0 Å². The fraction of sp³-hybridized carbons (Fsp3) is 0.769. The monoisotopic (exact) mass is 305 g/mol. The zero-order valence-corrected chi connectivity index (χ0v) is 13.4. The van der Waals surface area contributed by atoms with E-state index in [1.54, 1.807) is 0 Å². The molecule has 0 saturated carbocycles. The number of halogens is 1. The van der Waals surface area contributed by atoms with Crippen LogP contribution in [0.2, 0.25) is 0 Å². The second-order valence-corrected chi connectivity index (χ2v) is 7.38. The number of hydrogen-bond acceptors (Lipinski definition) is 5. The first-order valence-electron chi connectivity index (χ1n) is 6.47. The summed E-state index contributed by atoms with van der Waals surface area (Å²) in [5.74, 6) is 0.389. The van der Waals surface area contributed by atoms with Gasteiger partial charge in [-0.2, -0.15) is 0 Å². The van der Waals surface area contributed by atoms with Crippen LogP contribution < -0.4 is 5.73 Å². The first-order chi connectivity index (χ1) is 8.36. The molecule has 1 aliphatic heterocycles. The first-order valence-corrected chi connectivity index (χ1v) is 7.28. The van der Waals surface area contributed by atoms with Crippen molar-refractivity contribution >= 4 is 28.9 Å². The minimum atomic E-state index is -0.232. The maximum atomic E-state index is 10.3. The lowest BCUT2D eigenvalue weighted by Crippen LogP contribution is -2.47. The van der Waals surface area contributed by atoms with E-state index in [4.69, 9.17) is 5.73 Å². The van der Waals surface area contributed by atoms with Crippen LogP contribution in [-0.2, 0) is 6.54 Å². The van der Waals surface area contributed by atoms with Gasteiger partial charge in [0, 0.05) is 24.2 Å². The summed E-state index contributed by atoms with van der Waals surface area (Å²) in [5.41, 5.74) is 5.81. The highest BCUT2D eigenvalue weighted by Crippen LogP contribution is 2.35. The normalized spacial score (nSPS) is 25.1. The second-order valence-electron chi connectivity index (χ2n) is 6.23. The predicted molar refractivity (Wildman–Crippen MR) is 82.6 cm³/mol. The smallest absolute Gasteiger partial charge is 0.180 e. The number of anilines is 1. The average Bonchev–Trinajstić information content (AvgIpc) is 2.62. The van der Waals surface area contributed by atoms with Crippen LogP contribution in [0.4, 0.5) is 5.13 Å². The van der Waals surface area contributed by atoms with E-state index < -0.39 is 0 Å². The molecule has 1 aliphatic rings. The highest BCUT2D eigenvalue weighted by molar-refractivity contribution is 7.15. The van der Waals surface area contributed by atoms with E-state index in [2.05, 4.69) is 30.7 Å². The molecule has 0 bridgehead atoms. The number of thiazole rings is 1. The first kappa shape index (κ1) is 16.7. The molecule has 0 amide bonds. The number of nitrogens with zero attached hydrogens (tertiary/aromatic N) is 2. The van der Waals surface area contributed by atoms with Crippen molar-refractivity contribution in [1.29, 1.82) is 0 Å². The van der Waals surface area contributed by atoms with E-state index in [-0.39, 0.29) is 23.9 Å². The number of β-amino-alcohol motifs (C(OH)–C–C–N with tert-alkyl or cyclic N) is 1. The number of aromatic nitrogens is 1. The second kappa shape index (κ2) is 6.39. The minimum absolute atomic E-state index is 0. The molecule has 1 saturated heterocycles. The fourth-order valence-corrected chi connectivity index (χ4v) is 3.49. The van der Waals surface area contributed by atoms with Crippen LogP contribution >= 0.6 is 23.7 Å². The quantitative estimate of drug-likeness (QED) is 0.880. The van der Waals surface area contributed by atoms with Gasteiger partial charge in [0.15, 0.2) is 5.13 Å². The van der Waals surface area contributed by atoms with Crippen LogP contribution in [0.1, 0.15) is 32.1 Å². The van der Waals surface area contributed by atoms with Crippen LogP contribution in [0, 0.1) is 11.3 Å². The summed E-state index contributed by atoms with van der Waals surface area (Å²) >= 11 is 1.53. The Bertz CT molecular complexity index is 405. The van der Waals surface area contributed by atoms with Gasteiger partial charge in [-0.3, -0.25) is 4.90 Å². The predicted octanol–water partition coefficient (Wildman–Crippen LogP) is 2.38. The Morgan fingerprint density at radius 3 is 2.68 bits per heavy atom. The topological polar surface area (TPSA) is 62.4 Å². The molecule has 2 atom stereocenters. The highest BCUT2D eigenvalue weighted by Gasteiger charge is 2.35. The highest BCUT2D eigenvalue weighted by atomic mass is 35.5. The molecule has 1 aromatic rings. The minimum Gasteiger partial charge on any atom is -0.391 e. The van der Waals surface area contributed by atoms with Crippen molar-refractivity contribution in [2.45, 2.75) is 39.8 Å². The lowest BCUT2D eigenvalue weighted by Gasteiger charge is -2.42. The molecule has 19 heavy (non-hydrogen) atoms. The lowest BCUT2D eigenvalue weighted by atomic mass is 9.74. The molecule has 1 fully saturated rings. The largest absolute Gasteiger partial charge is 0.391 e. The number of aliphatic hydroxyl groups excluding tert-OH is 1. The van der Waals surface area contributed by atoms with Crippen molar-refractivity contribution in [1.82, 2.24) is 9.88 Å². The molecule has 0 spiro atoms. The SMILES string of the molecule is CC(C)(C)C1CCN(Cc2cnc(N)s2)CC1O.Cl. The van der Waals surface area contributed by atoms with E-state index in [0.717, 1.165) is 26.1 Å². The van der Waals surface area contributed by atoms with Gasteiger partial charge in [-0.25, -0.2) is 4.98 Å². The Morgan fingerprint density at radius 1 is 1.53 bits per heavy atom.